The Morgan fingerprint density at radius 2 is 2.07 bits per heavy atom. The molecule has 0 saturated carbocycles. The van der Waals surface area contributed by atoms with Crippen LogP contribution in [0, 0.1) is 11.8 Å². The standard InChI is InChI=1S/C11H19BrN2S/c1-8(2)9(6-13-3)7-14-11-5-4-10(12)15-11/h4-5,8-9,13-14H,6-7H2,1-3H3. The summed E-state index contributed by atoms with van der Waals surface area (Å²) in [4.78, 5) is 0. The zero-order valence-corrected chi connectivity index (χ0v) is 11.9. The number of rotatable bonds is 6. The average molecular weight is 291 g/mol. The van der Waals surface area contributed by atoms with E-state index >= 15 is 0 Å². The largest absolute Gasteiger partial charge is 0.377 e. The first kappa shape index (κ1) is 13.0. The van der Waals surface area contributed by atoms with Crippen LogP contribution in [0.5, 0.6) is 0 Å². The van der Waals surface area contributed by atoms with E-state index in [1.165, 1.54) is 8.79 Å². The lowest BCUT2D eigenvalue weighted by molar-refractivity contribution is 0.391. The second-order valence-corrected chi connectivity index (χ2v) is 6.51. The number of hydrogen-bond donors (Lipinski definition) is 2. The second kappa shape index (κ2) is 6.51. The van der Waals surface area contributed by atoms with Crippen LogP contribution in [0.4, 0.5) is 5.00 Å². The zero-order valence-electron chi connectivity index (χ0n) is 9.51. The number of anilines is 1. The van der Waals surface area contributed by atoms with Crippen LogP contribution in [-0.4, -0.2) is 20.1 Å². The highest BCUT2D eigenvalue weighted by Gasteiger charge is 2.12. The predicted molar refractivity (Wildman–Crippen MR) is 72.8 cm³/mol. The van der Waals surface area contributed by atoms with Gasteiger partial charge in [-0.05, 0) is 53.5 Å². The summed E-state index contributed by atoms with van der Waals surface area (Å²) >= 11 is 5.21. The van der Waals surface area contributed by atoms with Gasteiger partial charge in [-0.1, -0.05) is 13.8 Å². The molecule has 1 heterocycles. The normalized spacial score (nSPS) is 13.1. The van der Waals surface area contributed by atoms with Gasteiger partial charge in [0.25, 0.3) is 0 Å². The summed E-state index contributed by atoms with van der Waals surface area (Å²) < 4.78 is 1.18. The van der Waals surface area contributed by atoms with Crippen LogP contribution in [0.3, 0.4) is 0 Å². The Bertz CT molecular complexity index is 286. The van der Waals surface area contributed by atoms with Crippen LogP contribution in [0.1, 0.15) is 13.8 Å². The maximum absolute atomic E-state index is 3.48. The van der Waals surface area contributed by atoms with Crippen molar-refractivity contribution in [1.29, 1.82) is 0 Å². The molecule has 0 fully saturated rings. The molecule has 1 unspecified atom stereocenters. The number of hydrogen-bond acceptors (Lipinski definition) is 3. The molecular weight excluding hydrogens is 272 g/mol. The fourth-order valence-corrected chi connectivity index (χ4v) is 2.74. The van der Waals surface area contributed by atoms with Crippen molar-refractivity contribution in [3.8, 4) is 0 Å². The fourth-order valence-electron chi connectivity index (χ4n) is 1.45. The molecular formula is C11H19BrN2S. The van der Waals surface area contributed by atoms with Gasteiger partial charge in [-0.2, -0.15) is 0 Å². The lowest BCUT2D eigenvalue weighted by Crippen LogP contribution is -2.29. The average Bonchev–Trinajstić information content (AvgIpc) is 2.58. The Hall–Kier alpha value is -0.0600. The molecule has 0 spiro atoms. The Labute approximate surface area is 105 Å². The van der Waals surface area contributed by atoms with Crippen molar-refractivity contribution in [3.63, 3.8) is 0 Å². The highest BCUT2D eigenvalue weighted by Crippen LogP contribution is 2.26. The molecule has 1 rings (SSSR count). The molecule has 0 aliphatic heterocycles. The van der Waals surface area contributed by atoms with E-state index in [0.29, 0.717) is 11.8 Å². The van der Waals surface area contributed by atoms with Crippen LogP contribution in [0.2, 0.25) is 0 Å². The molecule has 0 aromatic carbocycles. The molecule has 1 aromatic heterocycles. The van der Waals surface area contributed by atoms with Gasteiger partial charge in [-0.15, -0.1) is 11.3 Å². The Kier molecular flexibility index (Phi) is 5.64. The van der Waals surface area contributed by atoms with Crippen molar-refractivity contribution in [2.45, 2.75) is 13.8 Å². The van der Waals surface area contributed by atoms with Gasteiger partial charge in [0.05, 0.1) is 8.79 Å². The third-order valence-corrected chi connectivity index (χ3v) is 4.10. The van der Waals surface area contributed by atoms with E-state index in [4.69, 9.17) is 0 Å². The molecule has 4 heteroatoms. The molecule has 2 N–H and O–H groups in total. The summed E-state index contributed by atoms with van der Waals surface area (Å²) in [5, 5.41) is 7.96. The van der Waals surface area contributed by atoms with E-state index in [0.717, 1.165) is 13.1 Å². The minimum absolute atomic E-state index is 0.677. The van der Waals surface area contributed by atoms with Crippen LogP contribution in [0.15, 0.2) is 15.9 Å². The summed E-state index contributed by atoms with van der Waals surface area (Å²) in [5.41, 5.74) is 0. The predicted octanol–water partition coefficient (Wildman–Crippen LogP) is 3.41. The first-order valence-electron chi connectivity index (χ1n) is 5.27. The van der Waals surface area contributed by atoms with Crippen molar-refractivity contribution in [2.24, 2.45) is 11.8 Å². The summed E-state index contributed by atoms with van der Waals surface area (Å²) in [6, 6.07) is 4.20. The summed E-state index contributed by atoms with van der Waals surface area (Å²) in [5.74, 6) is 1.38. The van der Waals surface area contributed by atoms with Crippen LogP contribution >= 0.6 is 27.3 Å². The van der Waals surface area contributed by atoms with Crippen molar-refractivity contribution in [1.82, 2.24) is 5.32 Å². The topological polar surface area (TPSA) is 24.1 Å². The molecule has 2 nitrogen and oxygen atoms in total. The third-order valence-electron chi connectivity index (χ3n) is 2.52. The highest BCUT2D eigenvalue weighted by molar-refractivity contribution is 9.11. The lowest BCUT2D eigenvalue weighted by Gasteiger charge is -2.20. The molecule has 0 aliphatic rings. The lowest BCUT2D eigenvalue weighted by atomic mass is 9.96. The third kappa shape index (κ3) is 4.53. The van der Waals surface area contributed by atoms with Crippen molar-refractivity contribution >= 4 is 32.3 Å². The summed E-state index contributed by atoms with van der Waals surface area (Å²) in [6.07, 6.45) is 0. The molecule has 0 saturated heterocycles. The molecule has 0 bridgehead atoms. The quantitative estimate of drug-likeness (QED) is 0.839. The highest BCUT2D eigenvalue weighted by atomic mass is 79.9. The maximum atomic E-state index is 3.48. The second-order valence-electron chi connectivity index (χ2n) is 4.05. The smallest absolute Gasteiger partial charge is 0.0894 e. The minimum atomic E-state index is 0.677. The van der Waals surface area contributed by atoms with E-state index in [2.05, 4.69) is 52.5 Å². The van der Waals surface area contributed by atoms with E-state index in [1.807, 2.05) is 7.05 Å². The molecule has 86 valence electrons. The minimum Gasteiger partial charge on any atom is -0.377 e. The summed E-state index contributed by atoms with van der Waals surface area (Å²) in [7, 11) is 2.01. The first-order chi connectivity index (χ1) is 7.13. The zero-order chi connectivity index (χ0) is 11.3. The number of nitrogens with one attached hydrogen (secondary N) is 2. The van der Waals surface area contributed by atoms with E-state index in [-0.39, 0.29) is 0 Å². The molecule has 1 atom stereocenters. The monoisotopic (exact) mass is 290 g/mol. The van der Waals surface area contributed by atoms with Gasteiger partial charge in [0, 0.05) is 6.54 Å². The Morgan fingerprint density at radius 1 is 1.33 bits per heavy atom. The van der Waals surface area contributed by atoms with Crippen molar-refractivity contribution < 1.29 is 0 Å². The van der Waals surface area contributed by atoms with Crippen molar-refractivity contribution in [2.75, 3.05) is 25.5 Å². The first-order valence-corrected chi connectivity index (χ1v) is 6.88. The number of thiophene rings is 1. The van der Waals surface area contributed by atoms with Gasteiger partial charge in [-0.25, -0.2) is 0 Å². The molecule has 0 amide bonds. The molecule has 0 radical (unpaired) electrons. The molecule has 1 aromatic rings. The SMILES string of the molecule is CNCC(CNc1ccc(Br)s1)C(C)C. The van der Waals surface area contributed by atoms with Gasteiger partial charge in [0.15, 0.2) is 0 Å². The maximum Gasteiger partial charge on any atom is 0.0894 e. The molecule has 0 aliphatic carbocycles. The van der Waals surface area contributed by atoms with Crippen LogP contribution < -0.4 is 10.6 Å². The Morgan fingerprint density at radius 3 is 2.53 bits per heavy atom. The van der Waals surface area contributed by atoms with Gasteiger partial charge in [0.2, 0.25) is 0 Å². The van der Waals surface area contributed by atoms with Crippen LogP contribution in [0.25, 0.3) is 0 Å². The van der Waals surface area contributed by atoms with Gasteiger partial charge >= 0.3 is 0 Å². The van der Waals surface area contributed by atoms with E-state index in [9.17, 15) is 0 Å². The Balaban J connectivity index is 2.39. The van der Waals surface area contributed by atoms with E-state index in [1.54, 1.807) is 11.3 Å². The van der Waals surface area contributed by atoms with E-state index < -0.39 is 0 Å². The number of halogens is 1. The molecule has 15 heavy (non-hydrogen) atoms. The van der Waals surface area contributed by atoms with Gasteiger partial charge in [-0.3, -0.25) is 0 Å². The fraction of sp³-hybridized carbons (Fsp3) is 0.636. The summed E-state index contributed by atoms with van der Waals surface area (Å²) in [6.45, 7) is 6.64. The van der Waals surface area contributed by atoms with Gasteiger partial charge < -0.3 is 10.6 Å². The van der Waals surface area contributed by atoms with Gasteiger partial charge in [0.1, 0.15) is 0 Å². The van der Waals surface area contributed by atoms with Crippen molar-refractivity contribution in [3.05, 3.63) is 15.9 Å². The van der Waals surface area contributed by atoms with Crippen LogP contribution in [-0.2, 0) is 0 Å².